The van der Waals surface area contributed by atoms with Crippen LogP contribution in [0.1, 0.15) is 48.2 Å². The molecule has 3 heterocycles. The second-order valence-corrected chi connectivity index (χ2v) is 10.7. The van der Waals surface area contributed by atoms with Crippen molar-refractivity contribution >= 4 is 39.3 Å². The standard InChI is InChI=1S/C26H25BrN4O3/c1-15(2)9-22(30-13-16-10-17(27)7-8-19(16)23(30)32)24(33)31-14-26(11-18(31)12-28)20-5-3-4-6-21(20)29-25(26)34/h3-8,10,15,18,22H,9,11,13-14H2,1-2H3,(H,29,34)/t18-,22?,26-/m0/s1. The summed E-state index contributed by atoms with van der Waals surface area (Å²) in [5.74, 6) is -0.466. The molecule has 3 aliphatic heterocycles. The van der Waals surface area contributed by atoms with Gasteiger partial charge in [-0.25, -0.2) is 0 Å². The summed E-state index contributed by atoms with van der Waals surface area (Å²) in [4.78, 5) is 43.5. The zero-order valence-corrected chi connectivity index (χ0v) is 20.6. The molecule has 0 aromatic heterocycles. The van der Waals surface area contributed by atoms with E-state index < -0.39 is 17.5 Å². The van der Waals surface area contributed by atoms with Crippen molar-refractivity contribution in [3.8, 4) is 6.07 Å². The lowest BCUT2D eigenvalue weighted by atomic mass is 9.80. The molecule has 3 amide bonds. The van der Waals surface area contributed by atoms with Crippen LogP contribution in [0, 0.1) is 17.2 Å². The van der Waals surface area contributed by atoms with Crippen LogP contribution in [0.5, 0.6) is 0 Å². The molecular formula is C26H25BrN4O3. The Kier molecular flexibility index (Phi) is 5.48. The van der Waals surface area contributed by atoms with Crippen LogP contribution < -0.4 is 5.32 Å². The smallest absolute Gasteiger partial charge is 0.255 e. The first-order valence-corrected chi connectivity index (χ1v) is 12.2. The molecule has 0 aliphatic carbocycles. The van der Waals surface area contributed by atoms with Crippen molar-refractivity contribution < 1.29 is 14.4 Å². The highest BCUT2D eigenvalue weighted by molar-refractivity contribution is 9.10. The molecule has 8 heteroatoms. The molecule has 0 saturated carbocycles. The normalized spacial score (nSPS) is 23.8. The number of rotatable bonds is 4. The number of nitrogens with one attached hydrogen (secondary N) is 1. The molecule has 0 bridgehead atoms. The molecule has 1 unspecified atom stereocenters. The number of nitrogens with zero attached hydrogens (tertiary/aromatic N) is 3. The topological polar surface area (TPSA) is 93.5 Å². The van der Waals surface area contributed by atoms with Gasteiger partial charge in [-0.2, -0.15) is 5.26 Å². The number of hydrogen-bond donors (Lipinski definition) is 1. The number of nitriles is 1. The number of carbonyl (C=O) groups is 3. The molecule has 2 aromatic rings. The first-order valence-electron chi connectivity index (χ1n) is 11.5. The molecule has 7 nitrogen and oxygen atoms in total. The summed E-state index contributed by atoms with van der Waals surface area (Å²) in [5.41, 5.74) is 2.08. The lowest BCUT2D eigenvalue weighted by Crippen LogP contribution is -2.51. The Morgan fingerprint density at radius 3 is 2.76 bits per heavy atom. The number of amides is 3. The number of carbonyl (C=O) groups excluding carboxylic acids is 3. The van der Waals surface area contributed by atoms with Crippen molar-refractivity contribution in [1.82, 2.24) is 9.80 Å². The SMILES string of the molecule is CC(C)CC(C(=O)N1C[C@]2(C[C@H]1C#N)C(=O)Nc1ccccc12)N1Cc2cc(Br)ccc2C1=O. The van der Waals surface area contributed by atoms with Crippen LogP contribution in [0.3, 0.4) is 0 Å². The summed E-state index contributed by atoms with van der Waals surface area (Å²) in [7, 11) is 0. The van der Waals surface area contributed by atoms with Gasteiger partial charge in [-0.05, 0) is 47.7 Å². The van der Waals surface area contributed by atoms with Gasteiger partial charge in [-0.15, -0.1) is 0 Å². The lowest BCUT2D eigenvalue weighted by molar-refractivity contribution is -0.137. The minimum Gasteiger partial charge on any atom is -0.325 e. The van der Waals surface area contributed by atoms with Gasteiger partial charge in [0, 0.05) is 35.2 Å². The number of likely N-dealkylation sites (tertiary alicyclic amines) is 1. The molecule has 3 atom stereocenters. The van der Waals surface area contributed by atoms with Crippen LogP contribution in [0.15, 0.2) is 46.9 Å². The zero-order valence-electron chi connectivity index (χ0n) is 19.0. The van der Waals surface area contributed by atoms with E-state index in [0.717, 1.165) is 21.3 Å². The van der Waals surface area contributed by atoms with Crippen LogP contribution in [-0.2, 0) is 21.5 Å². The van der Waals surface area contributed by atoms with Crippen LogP contribution >= 0.6 is 15.9 Å². The van der Waals surface area contributed by atoms with Gasteiger partial charge >= 0.3 is 0 Å². The van der Waals surface area contributed by atoms with Crippen LogP contribution in [0.25, 0.3) is 0 Å². The van der Waals surface area contributed by atoms with Gasteiger partial charge in [0.05, 0.1) is 11.5 Å². The molecule has 34 heavy (non-hydrogen) atoms. The molecule has 1 spiro atoms. The molecule has 1 fully saturated rings. The van der Waals surface area contributed by atoms with Gasteiger partial charge in [0.2, 0.25) is 11.8 Å². The van der Waals surface area contributed by atoms with Crippen molar-refractivity contribution in [2.45, 2.75) is 50.7 Å². The Morgan fingerprint density at radius 2 is 2.03 bits per heavy atom. The van der Waals surface area contributed by atoms with Crippen molar-refractivity contribution in [3.63, 3.8) is 0 Å². The van der Waals surface area contributed by atoms with E-state index in [1.807, 2.05) is 50.2 Å². The molecule has 2 aromatic carbocycles. The predicted octanol–water partition coefficient (Wildman–Crippen LogP) is 3.83. The predicted molar refractivity (Wildman–Crippen MR) is 130 cm³/mol. The quantitative estimate of drug-likeness (QED) is 0.662. The van der Waals surface area contributed by atoms with E-state index in [4.69, 9.17) is 0 Å². The van der Waals surface area contributed by atoms with Crippen molar-refractivity contribution in [2.24, 2.45) is 5.92 Å². The summed E-state index contributed by atoms with van der Waals surface area (Å²) in [6.07, 6.45) is 0.720. The van der Waals surface area contributed by atoms with E-state index in [9.17, 15) is 19.6 Å². The van der Waals surface area contributed by atoms with Crippen LogP contribution in [0.2, 0.25) is 0 Å². The van der Waals surface area contributed by atoms with Gasteiger partial charge in [0.15, 0.2) is 0 Å². The molecule has 0 radical (unpaired) electrons. The summed E-state index contributed by atoms with van der Waals surface area (Å²) in [5, 5.41) is 12.9. The Bertz CT molecular complexity index is 1250. The van der Waals surface area contributed by atoms with E-state index in [1.165, 1.54) is 4.90 Å². The molecule has 5 rings (SSSR count). The monoisotopic (exact) mass is 520 g/mol. The maximum Gasteiger partial charge on any atom is 0.255 e. The van der Waals surface area contributed by atoms with Crippen LogP contribution in [-0.4, -0.2) is 46.1 Å². The minimum atomic E-state index is -0.947. The number of para-hydroxylation sites is 1. The summed E-state index contributed by atoms with van der Waals surface area (Å²) >= 11 is 3.46. The highest BCUT2D eigenvalue weighted by Gasteiger charge is 2.57. The van der Waals surface area contributed by atoms with Crippen LogP contribution in [0.4, 0.5) is 5.69 Å². The molecule has 1 N–H and O–H groups in total. The fourth-order valence-electron chi connectivity index (χ4n) is 5.55. The van der Waals surface area contributed by atoms with E-state index in [2.05, 4.69) is 27.3 Å². The highest BCUT2D eigenvalue weighted by Crippen LogP contribution is 2.46. The number of benzene rings is 2. The van der Waals surface area contributed by atoms with Gasteiger partial charge in [0.1, 0.15) is 12.1 Å². The Hall–Kier alpha value is -3.18. The first-order chi connectivity index (χ1) is 16.2. The zero-order chi connectivity index (χ0) is 24.2. The van der Waals surface area contributed by atoms with Gasteiger partial charge < -0.3 is 15.1 Å². The maximum absolute atomic E-state index is 14.0. The molecule has 1 saturated heterocycles. The summed E-state index contributed by atoms with van der Waals surface area (Å²) in [6, 6.07) is 13.8. The first kappa shape index (κ1) is 22.6. The summed E-state index contributed by atoms with van der Waals surface area (Å²) in [6.45, 7) is 4.50. The minimum absolute atomic E-state index is 0.127. The number of hydrogen-bond acceptors (Lipinski definition) is 4. The van der Waals surface area contributed by atoms with Crippen molar-refractivity contribution in [1.29, 1.82) is 5.26 Å². The molecular weight excluding hydrogens is 496 g/mol. The van der Waals surface area contributed by atoms with Crippen molar-refractivity contribution in [2.75, 3.05) is 11.9 Å². The van der Waals surface area contributed by atoms with E-state index in [-0.39, 0.29) is 36.6 Å². The largest absolute Gasteiger partial charge is 0.325 e. The van der Waals surface area contributed by atoms with E-state index in [0.29, 0.717) is 18.5 Å². The third-order valence-electron chi connectivity index (χ3n) is 7.17. The van der Waals surface area contributed by atoms with Crippen molar-refractivity contribution in [3.05, 3.63) is 63.6 Å². The third-order valence-corrected chi connectivity index (χ3v) is 7.66. The van der Waals surface area contributed by atoms with E-state index >= 15 is 0 Å². The summed E-state index contributed by atoms with van der Waals surface area (Å²) < 4.78 is 0.879. The second kappa shape index (κ2) is 8.24. The number of anilines is 1. The van der Waals surface area contributed by atoms with Gasteiger partial charge in [-0.1, -0.05) is 48.0 Å². The fraction of sp³-hybridized carbons (Fsp3) is 0.385. The van der Waals surface area contributed by atoms with E-state index in [1.54, 1.807) is 11.0 Å². The van der Waals surface area contributed by atoms with Gasteiger partial charge in [-0.3, -0.25) is 14.4 Å². The second-order valence-electron chi connectivity index (χ2n) is 9.78. The Labute approximate surface area is 206 Å². The number of fused-ring (bicyclic) bond motifs is 3. The lowest BCUT2D eigenvalue weighted by Gasteiger charge is -2.33. The Morgan fingerprint density at radius 1 is 1.26 bits per heavy atom. The highest BCUT2D eigenvalue weighted by atomic mass is 79.9. The number of halogens is 1. The van der Waals surface area contributed by atoms with Gasteiger partial charge in [0.25, 0.3) is 5.91 Å². The average molecular weight is 521 g/mol. The Balaban J connectivity index is 1.48. The average Bonchev–Trinajstić information content (AvgIpc) is 3.44. The maximum atomic E-state index is 14.0. The molecule has 174 valence electrons. The third kappa shape index (κ3) is 3.41. The fourth-order valence-corrected chi connectivity index (χ4v) is 5.96. The molecule has 3 aliphatic rings.